The van der Waals surface area contributed by atoms with Crippen molar-refractivity contribution in [2.24, 2.45) is 5.92 Å². The van der Waals surface area contributed by atoms with Gasteiger partial charge >= 0.3 is 12.0 Å². The summed E-state index contributed by atoms with van der Waals surface area (Å²) in [6.07, 6.45) is 4.84. The van der Waals surface area contributed by atoms with Crippen molar-refractivity contribution in [3.8, 4) is 0 Å². The Morgan fingerprint density at radius 3 is 2.31 bits per heavy atom. The van der Waals surface area contributed by atoms with Gasteiger partial charge in [-0.15, -0.1) is 0 Å². The molecule has 5 heteroatoms. The molecule has 0 radical (unpaired) electrons. The Morgan fingerprint density at radius 2 is 1.73 bits per heavy atom. The maximum absolute atomic E-state index is 12.8. The first-order valence-corrected chi connectivity index (χ1v) is 9.85. The third kappa shape index (κ3) is 4.19. The molecule has 1 saturated heterocycles. The molecule has 0 aromatic heterocycles. The fraction of sp³-hybridized carbons (Fsp3) is 0.619. The maximum atomic E-state index is 12.8. The lowest BCUT2D eigenvalue weighted by atomic mass is 9.86. The van der Waals surface area contributed by atoms with Crippen molar-refractivity contribution >= 4 is 12.0 Å². The molecule has 2 amide bonds. The average molecular weight is 358 g/mol. The number of amides is 2. The molecule has 142 valence electrons. The van der Waals surface area contributed by atoms with Crippen LogP contribution in [0.4, 0.5) is 4.79 Å². The SMILES string of the molecule is CC(C)c1ccc(C2CCCN2C(=O)NC2CCC(C(=O)O)CC2)cc1. The predicted octanol–water partition coefficient (Wildman–Crippen LogP) is 4.30. The van der Waals surface area contributed by atoms with Crippen LogP contribution < -0.4 is 5.32 Å². The highest BCUT2D eigenvalue weighted by Gasteiger charge is 2.32. The van der Waals surface area contributed by atoms with Crippen LogP contribution in [0.1, 0.15) is 75.5 Å². The minimum absolute atomic E-state index is 0.000730. The van der Waals surface area contributed by atoms with E-state index in [0.717, 1.165) is 32.2 Å². The Morgan fingerprint density at radius 1 is 1.08 bits per heavy atom. The van der Waals surface area contributed by atoms with Crippen molar-refractivity contribution < 1.29 is 14.7 Å². The molecule has 1 aromatic carbocycles. The Labute approximate surface area is 155 Å². The highest BCUT2D eigenvalue weighted by molar-refractivity contribution is 5.75. The van der Waals surface area contributed by atoms with Gasteiger partial charge in [-0.05, 0) is 55.6 Å². The number of hydrogen-bond acceptors (Lipinski definition) is 2. The van der Waals surface area contributed by atoms with E-state index in [1.54, 1.807) is 0 Å². The number of carbonyl (C=O) groups excluding carboxylic acids is 1. The number of carboxylic acid groups (broad SMARTS) is 1. The molecule has 2 fully saturated rings. The van der Waals surface area contributed by atoms with E-state index in [2.05, 4.69) is 43.4 Å². The van der Waals surface area contributed by atoms with Gasteiger partial charge in [-0.25, -0.2) is 4.79 Å². The van der Waals surface area contributed by atoms with E-state index in [1.165, 1.54) is 11.1 Å². The van der Waals surface area contributed by atoms with Crippen LogP contribution in [0.2, 0.25) is 0 Å². The summed E-state index contributed by atoms with van der Waals surface area (Å²) >= 11 is 0. The van der Waals surface area contributed by atoms with Gasteiger partial charge in [0, 0.05) is 12.6 Å². The van der Waals surface area contributed by atoms with Crippen molar-refractivity contribution in [3.63, 3.8) is 0 Å². The van der Waals surface area contributed by atoms with Gasteiger partial charge < -0.3 is 15.3 Å². The van der Waals surface area contributed by atoms with Gasteiger partial charge in [-0.3, -0.25) is 4.79 Å². The zero-order valence-electron chi connectivity index (χ0n) is 15.8. The van der Waals surface area contributed by atoms with Gasteiger partial charge in [-0.1, -0.05) is 38.1 Å². The molecule has 1 aliphatic carbocycles. The number of nitrogens with zero attached hydrogens (tertiary/aromatic N) is 1. The van der Waals surface area contributed by atoms with E-state index in [4.69, 9.17) is 5.11 Å². The van der Waals surface area contributed by atoms with Crippen molar-refractivity contribution in [3.05, 3.63) is 35.4 Å². The lowest BCUT2D eigenvalue weighted by Gasteiger charge is -2.31. The van der Waals surface area contributed by atoms with Crippen LogP contribution in [-0.2, 0) is 4.79 Å². The summed E-state index contributed by atoms with van der Waals surface area (Å²) in [5, 5.41) is 12.2. The zero-order valence-corrected chi connectivity index (χ0v) is 15.8. The highest BCUT2D eigenvalue weighted by atomic mass is 16.4. The summed E-state index contributed by atoms with van der Waals surface area (Å²) in [5.41, 5.74) is 2.52. The van der Waals surface area contributed by atoms with E-state index in [0.29, 0.717) is 18.8 Å². The monoisotopic (exact) mass is 358 g/mol. The number of urea groups is 1. The Balaban J connectivity index is 1.59. The molecule has 1 atom stereocenters. The number of hydrogen-bond donors (Lipinski definition) is 2. The second-order valence-corrected chi connectivity index (χ2v) is 8.01. The van der Waals surface area contributed by atoms with Crippen molar-refractivity contribution in [2.45, 2.75) is 70.4 Å². The van der Waals surface area contributed by atoms with Gasteiger partial charge in [0.25, 0.3) is 0 Å². The Hall–Kier alpha value is -2.04. The van der Waals surface area contributed by atoms with Gasteiger partial charge in [0.15, 0.2) is 0 Å². The van der Waals surface area contributed by atoms with Gasteiger partial charge in [0.2, 0.25) is 0 Å². The molecule has 1 unspecified atom stereocenters. The molecule has 5 nitrogen and oxygen atoms in total. The topological polar surface area (TPSA) is 69.6 Å². The van der Waals surface area contributed by atoms with Gasteiger partial charge in [0.1, 0.15) is 0 Å². The number of benzene rings is 1. The van der Waals surface area contributed by atoms with E-state index in [1.807, 2.05) is 4.90 Å². The van der Waals surface area contributed by atoms with Crippen LogP contribution >= 0.6 is 0 Å². The summed E-state index contributed by atoms with van der Waals surface area (Å²) < 4.78 is 0. The third-order valence-electron chi connectivity index (χ3n) is 5.91. The minimum Gasteiger partial charge on any atom is -0.481 e. The van der Waals surface area contributed by atoms with Crippen LogP contribution in [0.25, 0.3) is 0 Å². The smallest absolute Gasteiger partial charge is 0.318 e. The van der Waals surface area contributed by atoms with E-state index in [9.17, 15) is 9.59 Å². The molecule has 1 heterocycles. The van der Waals surface area contributed by atoms with Crippen LogP contribution in [0.5, 0.6) is 0 Å². The summed E-state index contributed by atoms with van der Waals surface area (Å²) in [7, 11) is 0. The average Bonchev–Trinajstić information content (AvgIpc) is 3.12. The Kier molecular flexibility index (Phi) is 5.84. The second-order valence-electron chi connectivity index (χ2n) is 8.01. The first-order chi connectivity index (χ1) is 12.5. The first-order valence-electron chi connectivity index (χ1n) is 9.85. The lowest BCUT2D eigenvalue weighted by molar-refractivity contribution is -0.142. The molecule has 2 N–H and O–H groups in total. The number of carboxylic acids is 1. The summed E-state index contributed by atoms with van der Waals surface area (Å²) in [6, 6.07) is 8.89. The van der Waals surface area contributed by atoms with Crippen LogP contribution in [0.15, 0.2) is 24.3 Å². The molecule has 1 saturated carbocycles. The molecular formula is C21H30N2O3. The maximum Gasteiger partial charge on any atom is 0.318 e. The van der Waals surface area contributed by atoms with Crippen LogP contribution in [-0.4, -0.2) is 34.6 Å². The van der Waals surface area contributed by atoms with Gasteiger partial charge in [0.05, 0.1) is 12.0 Å². The summed E-state index contributed by atoms with van der Waals surface area (Å²) in [5.74, 6) is -0.450. The molecule has 0 spiro atoms. The van der Waals surface area contributed by atoms with Crippen molar-refractivity contribution in [2.75, 3.05) is 6.54 Å². The van der Waals surface area contributed by atoms with E-state index in [-0.39, 0.29) is 24.0 Å². The van der Waals surface area contributed by atoms with Crippen LogP contribution in [0.3, 0.4) is 0 Å². The first kappa shape index (κ1) is 18.7. The van der Waals surface area contributed by atoms with E-state index >= 15 is 0 Å². The third-order valence-corrected chi connectivity index (χ3v) is 5.91. The molecule has 1 aliphatic heterocycles. The van der Waals surface area contributed by atoms with Crippen LogP contribution in [0, 0.1) is 5.92 Å². The quantitative estimate of drug-likeness (QED) is 0.843. The van der Waals surface area contributed by atoms with Gasteiger partial charge in [-0.2, -0.15) is 0 Å². The summed E-state index contributed by atoms with van der Waals surface area (Å²) in [6.45, 7) is 5.15. The molecule has 0 bridgehead atoms. The molecular weight excluding hydrogens is 328 g/mol. The number of likely N-dealkylation sites (tertiary alicyclic amines) is 1. The highest BCUT2D eigenvalue weighted by Crippen LogP contribution is 2.33. The van der Waals surface area contributed by atoms with E-state index < -0.39 is 5.97 Å². The second kappa shape index (κ2) is 8.11. The molecule has 26 heavy (non-hydrogen) atoms. The summed E-state index contributed by atoms with van der Waals surface area (Å²) in [4.78, 5) is 25.8. The largest absolute Gasteiger partial charge is 0.481 e. The standard InChI is InChI=1S/C21H30N2O3/c1-14(2)15-5-7-16(8-6-15)19-4-3-13-23(19)21(26)22-18-11-9-17(10-12-18)20(24)25/h5-8,14,17-19H,3-4,9-13H2,1-2H3,(H,22,26)(H,24,25). The number of aliphatic carboxylic acids is 1. The molecule has 3 rings (SSSR count). The zero-order chi connectivity index (χ0) is 18.7. The number of rotatable bonds is 4. The van der Waals surface area contributed by atoms with Crippen molar-refractivity contribution in [1.29, 1.82) is 0 Å². The molecule has 1 aromatic rings. The predicted molar refractivity (Wildman–Crippen MR) is 101 cm³/mol. The molecule has 2 aliphatic rings. The lowest BCUT2D eigenvalue weighted by Crippen LogP contribution is -2.46. The minimum atomic E-state index is -0.709. The number of nitrogens with one attached hydrogen (secondary N) is 1. The van der Waals surface area contributed by atoms with Crippen molar-refractivity contribution in [1.82, 2.24) is 10.2 Å². The normalized spacial score (nSPS) is 26.1. The Bertz CT molecular complexity index is 633. The fourth-order valence-corrected chi connectivity index (χ4v) is 4.20. The fourth-order valence-electron chi connectivity index (χ4n) is 4.20. The number of carbonyl (C=O) groups is 2.